The van der Waals surface area contributed by atoms with Crippen LogP contribution in [0.4, 0.5) is 0 Å². The van der Waals surface area contributed by atoms with Crippen LogP contribution in [0.2, 0.25) is 0 Å². The molecule has 5 nitrogen and oxygen atoms in total. The standard InChI is InChI=1S/C17H19NO4/c1-11(16(20)13-5-3-2-4-6-13)18-10-12-7-8-15(19)14(9-12)17(21)22/h2-9,11,16,18-20H,10H2,1H3,(H,21,22). The van der Waals surface area contributed by atoms with Gasteiger partial charge < -0.3 is 20.6 Å². The molecule has 0 saturated carbocycles. The highest BCUT2D eigenvalue weighted by Crippen LogP contribution is 2.20. The van der Waals surface area contributed by atoms with Crippen LogP contribution in [-0.4, -0.2) is 27.3 Å². The predicted octanol–water partition coefficient (Wildman–Crippen LogP) is 2.30. The highest BCUT2D eigenvalue weighted by Gasteiger charge is 2.16. The topological polar surface area (TPSA) is 89.8 Å². The lowest BCUT2D eigenvalue weighted by Gasteiger charge is -2.21. The molecule has 0 aliphatic carbocycles. The number of nitrogens with one attached hydrogen (secondary N) is 1. The normalized spacial score (nSPS) is 13.5. The molecule has 0 spiro atoms. The lowest BCUT2D eigenvalue weighted by molar-refractivity contribution is 0.0693. The third kappa shape index (κ3) is 3.84. The van der Waals surface area contributed by atoms with Crippen molar-refractivity contribution in [2.45, 2.75) is 25.6 Å². The molecule has 2 rings (SSSR count). The van der Waals surface area contributed by atoms with E-state index in [1.54, 1.807) is 6.07 Å². The van der Waals surface area contributed by atoms with Gasteiger partial charge in [0.2, 0.25) is 0 Å². The number of aromatic hydroxyl groups is 1. The van der Waals surface area contributed by atoms with E-state index in [9.17, 15) is 15.0 Å². The third-order valence-corrected chi connectivity index (χ3v) is 3.53. The van der Waals surface area contributed by atoms with E-state index < -0.39 is 12.1 Å². The van der Waals surface area contributed by atoms with E-state index in [0.717, 1.165) is 11.1 Å². The largest absolute Gasteiger partial charge is 0.507 e. The van der Waals surface area contributed by atoms with E-state index in [2.05, 4.69) is 5.32 Å². The second-order valence-corrected chi connectivity index (χ2v) is 5.18. The average Bonchev–Trinajstić information content (AvgIpc) is 2.53. The maximum absolute atomic E-state index is 11.0. The molecule has 0 amide bonds. The van der Waals surface area contributed by atoms with Gasteiger partial charge in [0.25, 0.3) is 0 Å². The zero-order valence-corrected chi connectivity index (χ0v) is 12.2. The molecule has 0 aromatic heterocycles. The second kappa shape index (κ2) is 7.06. The van der Waals surface area contributed by atoms with Crippen LogP contribution in [0.25, 0.3) is 0 Å². The molecule has 22 heavy (non-hydrogen) atoms. The molecule has 0 bridgehead atoms. The van der Waals surface area contributed by atoms with Crippen LogP contribution in [0, 0.1) is 0 Å². The number of phenols is 1. The highest BCUT2D eigenvalue weighted by molar-refractivity contribution is 5.90. The smallest absolute Gasteiger partial charge is 0.339 e. The minimum Gasteiger partial charge on any atom is -0.507 e. The predicted molar refractivity (Wildman–Crippen MR) is 82.8 cm³/mol. The average molecular weight is 301 g/mol. The zero-order chi connectivity index (χ0) is 16.1. The van der Waals surface area contributed by atoms with Gasteiger partial charge in [0, 0.05) is 12.6 Å². The number of carboxylic acids is 1. The molecule has 0 radical (unpaired) electrons. The van der Waals surface area contributed by atoms with Crippen LogP contribution < -0.4 is 5.32 Å². The van der Waals surface area contributed by atoms with Gasteiger partial charge >= 0.3 is 5.97 Å². The number of aliphatic hydroxyl groups excluding tert-OH is 1. The quantitative estimate of drug-likeness (QED) is 0.657. The molecule has 0 aliphatic rings. The van der Waals surface area contributed by atoms with Crippen molar-refractivity contribution >= 4 is 5.97 Å². The molecule has 0 saturated heterocycles. The summed E-state index contributed by atoms with van der Waals surface area (Å²) in [7, 11) is 0. The summed E-state index contributed by atoms with van der Waals surface area (Å²) in [5, 5.41) is 31.9. The van der Waals surface area contributed by atoms with E-state index >= 15 is 0 Å². The van der Waals surface area contributed by atoms with Gasteiger partial charge in [0.15, 0.2) is 0 Å². The van der Waals surface area contributed by atoms with Crippen molar-refractivity contribution in [2.24, 2.45) is 0 Å². The van der Waals surface area contributed by atoms with Crippen LogP contribution in [0.1, 0.15) is 34.5 Å². The SMILES string of the molecule is CC(NCc1ccc(O)c(C(=O)O)c1)C(O)c1ccccc1. The summed E-state index contributed by atoms with van der Waals surface area (Å²) in [5.41, 5.74) is 1.41. The Morgan fingerprint density at radius 3 is 2.50 bits per heavy atom. The van der Waals surface area contributed by atoms with E-state index in [0.29, 0.717) is 6.54 Å². The van der Waals surface area contributed by atoms with Gasteiger partial charge in [-0.2, -0.15) is 0 Å². The maximum Gasteiger partial charge on any atom is 0.339 e. The molecular formula is C17H19NO4. The summed E-state index contributed by atoms with van der Waals surface area (Å²) in [6.07, 6.45) is -0.655. The summed E-state index contributed by atoms with van der Waals surface area (Å²) in [6, 6.07) is 13.6. The van der Waals surface area contributed by atoms with Crippen LogP contribution in [0.15, 0.2) is 48.5 Å². The Bertz CT molecular complexity index is 642. The van der Waals surface area contributed by atoms with Crippen molar-refractivity contribution in [3.8, 4) is 5.75 Å². The second-order valence-electron chi connectivity index (χ2n) is 5.18. The zero-order valence-electron chi connectivity index (χ0n) is 12.2. The molecule has 2 unspecified atom stereocenters. The first-order valence-corrected chi connectivity index (χ1v) is 7.00. The summed E-state index contributed by atoms with van der Waals surface area (Å²) in [5.74, 6) is -1.43. The van der Waals surface area contributed by atoms with Crippen LogP contribution in [0.5, 0.6) is 5.75 Å². The van der Waals surface area contributed by atoms with Crippen molar-refractivity contribution in [3.05, 3.63) is 65.2 Å². The van der Waals surface area contributed by atoms with Crippen molar-refractivity contribution in [1.82, 2.24) is 5.32 Å². The van der Waals surface area contributed by atoms with Gasteiger partial charge in [-0.05, 0) is 30.2 Å². The molecule has 2 atom stereocenters. The molecule has 4 N–H and O–H groups in total. The fourth-order valence-electron chi connectivity index (χ4n) is 2.19. The number of hydrogen-bond donors (Lipinski definition) is 4. The number of benzene rings is 2. The summed E-state index contributed by atoms with van der Waals surface area (Å²) in [6.45, 7) is 2.25. The number of rotatable bonds is 6. The van der Waals surface area contributed by atoms with Crippen molar-refractivity contribution in [1.29, 1.82) is 0 Å². The molecule has 0 aliphatic heterocycles. The Kier molecular flexibility index (Phi) is 5.14. The Balaban J connectivity index is 2.01. The molecule has 2 aromatic carbocycles. The van der Waals surface area contributed by atoms with Gasteiger partial charge in [-0.15, -0.1) is 0 Å². The molecule has 116 valence electrons. The van der Waals surface area contributed by atoms with Gasteiger partial charge in [-0.1, -0.05) is 36.4 Å². The molecule has 0 fully saturated rings. The summed E-state index contributed by atoms with van der Waals surface area (Å²) in [4.78, 5) is 11.0. The maximum atomic E-state index is 11.0. The lowest BCUT2D eigenvalue weighted by Crippen LogP contribution is -2.31. The number of aromatic carboxylic acids is 1. The lowest BCUT2D eigenvalue weighted by atomic mass is 10.0. The monoisotopic (exact) mass is 301 g/mol. The third-order valence-electron chi connectivity index (χ3n) is 3.53. The fourth-order valence-corrected chi connectivity index (χ4v) is 2.19. The summed E-state index contributed by atoms with van der Waals surface area (Å²) < 4.78 is 0. The van der Waals surface area contributed by atoms with Gasteiger partial charge in [0.05, 0.1) is 6.10 Å². The fraction of sp³-hybridized carbons (Fsp3) is 0.235. The van der Waals surface area contributed by atoms with E-state index in [-0.39, 0.29) is 17.4 Å². The molecular weight excluding hydrogens is 282 g/mol. The van der Waals surface area contributed by atoms with E-state index in [1.165, 1.54) is 12.1 Å². The van der Waals surface area contributed by atoms with Gasteiger partial charge in [-0.25, -0.2) is 4.79 Å². The Morgan fingerprint density at radius 1 is 1.18 bits per heavy atom. The molecule has 0 heterocycles. The minimum atomic E-state index is -1.17. The van der Waals surface area contributed by atoms with Crippen molar-refractivity contribution in [3.63, 3.8) is 0 Å². The van der Waals surface area contributed by atoms with Crippen molar-refractivity contribution in [2.75, 3.05) is 0 Å². The van der Waals surface area contributed by atoms with E-state index in [4.69, 9.17) is 5.11 Å². The number of aliphatic hydroxyl groups is 1. The van der Waals surface area contributed by atoms with Gasteiger partial charge in [0.1, 0.15) is 11.3 Å². The summed E-state index contributed by atoms with van der Waals surface area (Å²) >= 11 is 0. The van der Waals surface area contributed by atoms with E-state index in [1.807, 2.05) is 37.3 Å². The molecule has 2 aromatic rings. The Labute approximate surface area is 128 Å². The number of carboxylic acid groups (broad SMARTS) is 1. The minimum absolute atomic E-state index is 0.129. The Morgan fingerprint density at radius 2 is 1.86 bits per heavy atom. The molecule has 5 heteroatoms. The Hall–Kier alpha value is -2.37. The number of hydrogen-bond acceptors (Lipinski definition) is 4. The first-order valence-electron chi connectivity index (χ1n) is 7.00. The highest BCUT2D eigenvalue weighted by atomic mass is 16.4. The van der Waals surface area contributed by atoms with Gasteiger partial charge in [-0.3, -0.25) is 0 Å². The van der Waals surface area contributed by atoms with Crippen LogP contribution in [-0.2, 0) is 6.54 Å². The van der Waals surface area contributed by atoms with Crippen LogP contribution in [0.3, 0.4) is 0 Å². The number of carbonyl (C=O) groups is 1. The first kappa shape index (κ1) is 16.0. The van der Waals surface area contributed by atoms with Crippen LogP contribution >= 0.6 is 0 Å². The van der Waals surface area contributed by atoms with Crippen molar-refractivity contribution < 1.29 is 20.1 Å². The first-order chi connectivity index (χ1) is 10.5.